The SMILES string of the molecule is C=CCCCCC(NC(=O)Oc1ccccc1)C(C)N. The second-order valence-corrected chi connectivity index (χ2v) is 4.89. The second kappa shape index (κ2) is 9.15. The van der Waals surface area contributed by atoms with Crippen LogP contribution in [0.5, 0.6) is 5.75 Å². The maximum Gasteiger partial charge on any atom is 0.412 e. The van der Waals surface area contributed by atoms with Gasteiger partial charge in [0.25, 0.3) is 0 Å². The van der Waals surface area contributed by atoms with Gasteiger partial charge in [0, 0.05) is 12.1 Å². The van der Waals surface area contributed by atoms with E-state index >= 15 is 0 Å². The normalized spacial score (nSPS) is 13.3. The largest absolute Gasteiger partial charge is 0.412 e. The van der Waals surface area contributed by atoms with Gasteiger partial charge in [-0.1, -0.05) is 30.7 Å². The fourth-order valence-electron chi connectivity index (χ4n) is 1.90. The van der Waals surface area contributed by atoms with E-state index in [1.54, 1.807) is 12.1 Å². The molecular formula is C16H24N2O2. The summed E-state index contributed by atoms with van der Waals surface area (Å²) in [5, 5.41) is 2.83. The highest BCUT2D eigenvalue weighted by atomic mass is 16.6. The Bertz CT molecular complexity index is 404. The van der Waals surface area contributed by atoms with Crippen LogP contribution in [-0.2, 0) is 0 Å². The van der Waals surface area contributed by atoms with Crippen LogP contribution in [0.4, 0.5) is 4.79 Å². The molecule has 2 unspecified atom stereocenters. The van der Waals surface area contributed by atoms with Crippen molar-refractivity contribution in [3.8, 4) is 5.75 Å². The summed E-state index contributed by atoms with van der Waals surface area (Å²) in [5.41, 5.74) is 5.90. The van der Waals surface area contributed by atoms with Gasteiger partial charge in [0.1, 0.15) is 5.75 Å². The molecule has 0 aromatic heterocycles. The van der Waals surface area contributed by atoms with Crippen LogP contribution in [0, 0.1) is 0 Å². The predicted molar refractivity (Wildman–Crippen MR) is 81.7 cm³/mol. The molecule has 1 rings (SSSR count). The summed E-state index contributed by atoms with van der Waals surface area (Å²) >= 11 is 0. The lowest BCUT2D eigenvalue weighted by Gasteiger charge is -2.21. The van der Waals surface area contributed by atoms with Crippen molar-refractivity contribution < 1.29 is 9.53 Å². The Morgan fingerprint density at radius 3 is 2.70 bits per heavy atom. The first-order chi connectivity index (χ1) is 9.63. The summed E-state index contributed by atoms with van der Waals surface area (Å²) in [6.07, 6.45) is 5.33. The average molecular weight is 276 g/mol. The number of carbonyl (C=O) groups is 1. The number of allylic oxidation sites excluding steroid dienone is 1. The van der Waals surface area contributed by atoms with E-state index in [-0.39, 0.29) is 12.1 Å². The molecule has 0 radical (unpaired) electrons. The number of hydrogen-bond donors (Lipinski definition) is 2. The summed E-state index contributed by atoms with van der Waals surface area (Å²) in [6.45, 7) is 5.58. The topological polar surface area (TPSA) is 64.3 Å². The van der Waals surface area contributed by atoms with E-state index in [9.17, 15) is 4.79 Å². The third kappa shape index (κ3) is 6.38. The minimum atomic E-state index is -0.456. The first-order valence-corrected chi connectivity index (χ1v) is 7.03. The smallest absolute Gasteiger partial charge is 0.410 e. The third-order valence-electron chi connectivity index (χ3n) is 3.07. The van der Waals surface area contributed by atoms with Crippen LogP contribution in [0.25, 0.3) is 0 Å². The Balaban J connectivity index is 2.40. The maximum absolute atomic E-state index is 11.8. The molecule has 0 fully saturated rings. The number of nitrogens with one attached hydrogen (secondary N) is 1. The molecular weight excluding hydrogens is 252 g/mol. The van der Waals surface area contributed by atoms with Crippen molar-refractivity contribution >= 4 is 6.09 Å². The molecule has 0 bridgehead atoms. The Hall–Kier alpha value is -1.81. The molecule has 0 aliphatic heterocycles. The molecule has 3 N–H and O–H groups in total. The van der Waals surface area contributed by atoms with Crippen molar-refractivity contribution in [2.75, 3.05) is 0 Å². The van der Waals surface area contributed by atoms with E-state index in [1.165, 1.54) is 0 Å². The first kappa shape index (κ1) is 16.2. The van der Waals surface area contributed by atoms with Crippen molar-refractivity contribution in [2.24, 2.45) is 5.73 Å². The Kier molecular flexibility index (Phi) is 7.43. The van der Waals surface area contributed by atoms with Gasteiger partial charge in [-0.25, -0.2) is 4.79 Å². The average Bonchev–Trinajstić information content (AvgIpc) is 2.43. The van der Waals surface area contributed by atoms with E-state index in [2.05, 4.69) is 11.9 Å². The van der Waals surface area contributed by atoms with Gasteiger partial charge >= 0.3 is 6.09 Å². The lowest BCUT2D eigenvalue weighted by Crippen LogP contribution is -2.47. The zero-order valence-corrected chi connectivity index (χ0v) is 12.0. The number of para-hydroxylation sites is 1. The van der Waals surface area contributed by atoms with Crippen molar-refractivity contribution in [3.05, 3.63) is 43.0 Å². The summed E-state index contributed by atoms with van der Waals surface area (Å²) in [5.74, 6) is 0.528. The monoisotopic (exact) mass is 276 g/mol. The van der Waals surface area contributed by atoms with Crippen LogP contribution >= 0.6 is 0 Å². The summed E-state index contributed by atoms with van der Waals surface area (Å²) in [4.78, 5) is 11.8. The van der Waals surface area contributed by atoms with E-state index in [1.807, 2.05) is 31.2 Å². The van der Waals surface area contributed by atoms with E-state index in [0.29, 0.717) is 5.75 Å². The van der Waals surface area contributed by atoms with Gasteiger partial charge in [0.15, 0.2) is 0 Å². The number of carbonyl (C=O) groups excluding carboxylic acids is 1. The van der Waals surface area contributed by atoms with Gasteiger partial charge in [-0.15, -0.1) is 6.58 Å². The van der Waals surface area contributed by atoms with Crippen LogP contribution in [-0.4, -0.2) is 18.2 Å². The Morgan fingerprint density at radius 1 is 1.40 bits per heavy atom. The predicted octanol–water partition coefficient (Wildman–Crippen LogP) is 3.24. The highest BCUT2D eigenvalue weighted by Gasteiger charge is 2.17. The van der Waals surface area contributed by atoms with E-state index in [0.717, 1.165) is 25.7 Å². The molecule has 1 amide bonds. The van der Waals surface area contributed by atoms with Gasteiger partial charge in [-0.05, 0) is 38.3 Å². The zero-order valence-electron chi connectivity index (χ0n) is 12.0. The third-order valence-corrected chi connectivity index (χ3v) is 3.07. The number of unbranched alkanes of at least 4 members (excludes halogenated alkanes) is 2. The van der Waals surface area contributed by atoms with Crippen molar-refractivity contribution in [1.82, 2.24) is 5.32 Å². The van der Waals surface area contributed by atoms with E-state index in [4.69, 9.17) is 10.5 Å². The highest BCUT2D eigenvalue weighted by Crippen LogP contribution is 2.10. The molecule has 0 aliphatic rings. The number of benzene rings is 1. The first-order valence-electron chi connectivity index (χ1n) is 7.03. The molecule has 0 heterocycles. The zero-order chi connectivity index (χ0) is 14.8. The number of rotatable bonds is 8. The number of ether oxygens (including phenoxy) is 1. The van der Waals surface area contributed by atoms with Gasteiger partial charge < -0.3 is 15.8 Å². The molecule has 4 nitrogen and oxygen atoms in total. The number of amides is 1. The summed E-state index contributed by atoms with van der Waals surface area (Å²) in [6, 6.07) is 8.81. The highest BCUT2D eigenvalue weighted by molar-refractivity contribution is 5.70. The van der Waals surface area contributed by atoms with Crippen LogP contribution in [0.15, 0.2) is 43.0 Å². The van der Waals surface area contributed by atoms with Crippen LogP contribution in [0.2, 0.25) is 0 Å². The van der Waals surface area contributed by atoms with Crippen LogP contribution in [0.3, 0.4) is 0 Å². The number of nitrogens with two attached hydrogens (primary N) is 1. The minimum Gasteiger partial charge on any atom is -0.410 e. The molecule has 20 heavy (non-hydrogen) atoms. The fourth-order valence-corrected chi connectivity index (χ4v) is 1.90. The molecule has 1 aromatic rings. The molecule has 0 saturated heterocycles. The standard InChI is InChI=1S/C16H24N2O2/c1-3-4-5-9-12-15(13(2)17)18-16(19)20-14-10-7-6-8-11-14/h3,6-8,10-11,13,15H,1,4-5,9,12,17H2,2H3,(H,18,19). The molecule has 0 spiro atoms. The molecule has 4 heteroatoms. The molecule has 0 aliphatic carbocycles. The molecule has 0 saturated carbocycles. The van der Waals surface area contributed by atoms with Crippen molar-refractivity contribution in [2.45, 2.75) is 44.7 Å². The molecule has 2 atom stereocenters. The van der Waals surface area contributed by atoms with Crippen LogP contribution in [0.1, 0.15) is 32.6 Å². The lowest BCUT2D eigenvalue weighted by atomic mass is 10.0. The van der Waals surface area contributed by atoms with Gasteiger partial charge in [-0.2, -0.15) is 0 Å². The van der Waals surface area contributed by atoms with Gasteiger partial charge in [0.05, 0.1) is 0 Å². The van der Waals surface area contributed by atoms with Gasteiger partial charge in [-0.3, -0.25) is 0 Å². The van der Waals surface area contributed by atoms with Crippen molar-refractivity contribution in [1.29, 1.82) is 0 Å². The lowest BCUT2D eigenvalue weighted by molar-refractivity contribution is 0.193. The fraction of sp³-hybridized carbons (Fsp3) is 0.438. The quantitative estimate of drug-likeness (QED) is 0.566. The minimum absolute atomic E-state index is 0.0731. The van der Waals surface area contributed by atoms with Gasteiger partial charge in [0.2, 0.25) is 0 Å². The molecule has 110 valence electrons. The Morgan fingerprint density at radius 2 is 2.10 bits per heavy atom. The molecule has 1 aromatic carbocycles. The van der Waals surface area contributed by atoms with Crippen molar-refractivity contribution in [3.63, 3.8) is 0 Å². The number of hydrogen-bond acceptors (Lipinski definition) is 3. The summed E-state index contributed by atoms with van der Waals surface area (Å²) < 4.78 is 5.20. The Labute approximate surface area is 121 Å². The maximum atomic E-state index is 11.8. The van der Waals surface area contributed by atoms with E-state index < -0.39 is 6.09 Å². The second-order valence-electron chi connectivity index (χ2n) is 4.89. The van der Waals surface area contributed by atoms with Crippen LogP contribution < -0.4 is 15.8 Å². The summed E-state index contributed by atoms with van der Waals surface area (Å²) in [7, 11) is 0.